The Bertz CT molecular complexity index is 306. The highest BCUT2D eigenvalue weighted by Crippen LogP contribution is 2.17. The summed E-state index contributed by atoms with van der Waals surface area (Å²) in [7, 11) is 1.69. The lowest BCUT2D eigenvalue weighted by molar-refractivity contribution is -0.146. The van der Waals surface area contributed by atoms with Gasteiger partial charge in [0.2, 0.25) is 0 Å². The predicted octanol–water partition coefficient (Wildman–Crippen LogP) is 1.41. The third-order valence-corrected chi connectivity index (χ3v) is 1.86. The normalized spacial score (nSPS) is 12.5. The summed E-state index contributed by atoms with van der Waals surface area (Å²) in [5.41, 5.74) is 0. The molecule has 78 valence electrons. The van der Waals surface area contributed by atoms with Gasteiger partial charge >= 0.3 is 5.97 Å². The maximum atomic E-state index is 11.4. The molecule has 0 radical (unpaired) electrons. The van der Waals surface area contributed by atoms with E-state index in [4.69, 9.17) is 9.15 Å². The lowest BCUT2D eigenvalue weighted by atomic mass is 10.2. The smallest absolute Gasteiger partial charge is 0.331 e. The van der Waals surface area contributed by atoms with Crippen LogP contribution in [0.4, 0.5) is 0 Å². The first-order chi connectivity index (χ1) is 6.69. The molecule has 1 rings (SSSR count). The summed E-state index contributed by atoms with van der Waals surface area (Å²) in [6.07, 6.45) is 0. The minimum absolute atomic E-state index is 0.315. The molecule has 1 heterocycles. The molecular formula is C10H15NO3. The standard InChI is InChI=1S/C10H15NO3/c1-4-13-10(12)9(11-3)8-6-5-7(2)14-8/h5-6,9,11H,4H2,1-3H3. The monoisotopic (exact) mass is 197 g/mol. The summed E-state index contributed by atoms with van der Waals surface area (Å²) >= 11 is 0. The van der Waals surface area contributed by atoms with Crippen LogP contribution in [0.3, 0.4) is 0 Å². The number of furan rings is 1. The van der Waals surface area contributed by atoms with Crippen LogP contribution in [0.5, 0.6) is 0 Å². The van der Waals surface area contributed by atoms with E-state index in [1.165, 1.54) is 0 Å². The minimum Gasteiger partial charge on any atom is -0.464 e. The van der Waals surface area contributed by atoms with Crippen molar-refractivity contribution in [1.82, 2.24) is 5.32 Å². The van der Waals surface area contributed by atoms with Crippen molar-refractivity contribution in [3.05, 3.63) is 23.7 Å². The highest BCUT2D eigenvalue weighted by Gasteiger charge is 2.22. The van der Waals surface area contributed by atoms with Crippen LogP contribution in [0.1, 0.15) is 24.5 Å². The second-order valence-electron chi connectivity index (χ2n) is 2.92. The number of likely N-dealkylation sites (N-methyl/N-ethyl adjacent to an activating group) is 1. The Kier molecular flexibility index (Phi) is 3.71. The predicted molar refractivity (Wildman–Crippen MR) is 51.9 cm³/mol. The molecule has 4 heteroatoms. The van der Waals surface area contributed by atoms with Crippen LogP contribution >= 0.6 is 0 Å². The molecule has 0 aliphatic carbocycles. The zero-order valence-corrected chi connectivity index (χ0v) is 8.66. The van der Waals surface area contributed by atoms with Crippen molar-refractivity contribution >= 4 is 5.97 Å². The van der Waals surface area contributed by atoms with E-state index in [9.17, 15) is 4.79 Å². The van der Waals surface area contributed by atoms with Crippen LogP contribution in [-0.2, 0) is 9.53 Å². The SMILES string of the molecule is CCOC(=O)C(NC)c1ccc(C)o1. The maximum absolute atomic E-state index is 11.4. The van der Waals surface area contributed by atoms with Gasteiger partial charge in [-0.3, -0.25) is 0 Å². The molecule has 0 aliphatic rings. The number of hydrogen-bond donors (Lipinski definition) is 1. The van der Waals surface area contributed by atoms with Crippen molar-refractivity contribution in [3.63, 3.8) is 0 Å². The Morgan fingerprint density at radius 3 is 2.79 bits per heavy atom. The van der Waals surface area contributed by atoms with Crippen LogP contribution in [0.25, 0.3) is 0 Å². The Morgan fingerprint density at radius 2 is 2.36 bits per heavy atom. The average Bonchev–Trinajstić information content (AvgIpc) is 2.54. The van der Waals surface area contributed by atoms with Gasteiger partial charge in [0, 0.05) is 0 Å². The fourth-order valence-electron chi connectivity index (χ4n) is 1.21. The van der Waals surface area contributed by atoms with E-state index < -0.39 is 6.04 Å². The third-order valence-electron chi connectivity index (χ3n) is 1.86. The molecular weight excluding hydrogens is 182 g/mol. The Balaban J connectivity index is 2.76. The number of esters is 1. The van der Waals surface area contributed by atoms with Gasteiger partial charge in [0.1, 0.15) is 11.5 Å². The van der Waals surface area contributed by atoms with E-state index in [-0.39, 0.29) is 5.97 Å². The van der Waals surface area contributed by atoms with Crippen LogP contribution in [0.15, 0.2) is 16.5 Å². The molecule has 1 atom stereocenters. The lowest BCUT2D eigenvalue weighted by Gasteiger charge is -2.11. The van der Waals surface area contributed by atoms with Crippen LogP contribution in [0, 0.1) is 6.92 Å². The van der Waals surface area contributed by atoms with Gasteiger partial charge in [0.25, 0.3) is 0 Å². The molecule has 0 aliphatic heterocycles. The Morgan fingerprint density at radius 1 is 1.64 bits per heavy atom. The van der Waals surface area contributed by atoms with Crippen LogP contribution < -0.4 is 5.32 Å². The van der Waals surface area contributed by atoms with Gasteiger partial charge in [0.05, 0.1) is 6.61 Å². The van der Waals surface area contributed by atoms with Crippen molar-refractivity contribution in [2.24, 2.45) is 0 Å². The summed E-state index contributed by atoms with van der Waals surface area (Å²) in [5, 5.41) is 2.85. The molecule has 0 spiro atoms. The summed E-state index contributed by atoms with van der Waals surface area (Å²) in [5.74, 6) is 1.05. The van der Waals surface area contributed by atoms with Gasteiger partial charge in [0.15, 0.2) is 6.04 Å². The van der Waals surface area contributed by atoms with Gasteiger partial charge in [-0.1, -0.05) is 0 Å². The zero-order chi connectivity index (χ0) is 10.6. The van der Waals surface area contributed by atoms with Crippen molar-refractivity contribution < 1.29 is 13.9 Å². The summed E-state index contributed by atoms with van der Waals surface area (Å²) in [6, 6.07) is 3.08. The van der Waals surface area contributed by atoms with E-state index >= 15 is 0 Å². The van der Waals surface area contributed by atoms with E-state index in [0.29, 0.717) is 12.4 Å². The van der Waals surface area contributed by atoms with E-state index in [2.05, 4.69) is 5.32 Å². The number of ether oxygens (including phenoxy) is 1. The van der Waals surface area contributed by atoms with Gasteiger partial charge in [-0.15, -0.1) is 0 Å². The second kappa shape index (κ2) is 4.81. The molecule has 0 amide bonds. The number of carbonyl (C=O) groups is 1. The first kappa shape index (κ1) is 10.8. The van der Waals surface area contributed by atoms with Gasteiger partial charge in [-0.2, -0.15) is 0 Å². The van der Waals surface area contributed by atoms with E-state index in [1.807, 2.05) is 13.0 Å². The van der Waals surface area contributed by atoms with Crippen molar-refractivity contribution in [2.45, 2.75) is 19.9 Å². The quantitative estimate of drug-likeness (QED) is 0.741. The molecule has 4 nitrogen and oxygen atoms in total. The minimum atomic E-state index is -0.511. The molecule has 0 bridgehead atoms. The third kappa shape index (κ3) is 2.35. The largest absolute Gasteiger partial charge is 0.464 e. The summed E-state index contributed by atoms with van der Waals surface area (Å²) in [4.78, 5) is 11.4. The molecule has 1 aromatic rings. The Hall–Kier alpha value is -1.29. The zero-order valence-electron chi connectivity index (χ0n) is 8.66. The fraction of sp³-hybridized carbons (Fsp3) is 0.500. The fourth-order valence-corrected chi connectivity index (χ4v) is 1.21. The van der Waals surface area contributed by atoms with Crippen LogP contribution in [0.2, 0.25) is 0 Å². The molecule has 1 unspecified atom stereocenters. The topological polar surface area (TPSA) is 51.5 Å². The van der Waals surface area contributed by atoms with Crippen molar-refractivity contribution in [2.75, 3.05) is 13.7 Å². The van der Waals surface area contributed by atoms with Gasteiger partial charge in [-0.25, -0.2) is 4.79 Å². The number of hydrogen-bond acceptors (Lipinski definition) is 4. The molecule has 0 aromatic carbocycles. The van der Waals surface area contributed by atoms with Gasteiger partial charge < -0.3 is 14.5 Å². The number of nitrogens with one attached hydrogen (secondary N) is 1. The lowest BCUT2D eigenvalue weighted by Crippen LogP contribution is -2.26. The second-order valence-corrected chi connectivity index (χ2v) is 2.92. The molecule has 0 saturated heterocycles. The first-order valence-corrected chi connectivity index (χ1v) is 4.59. The van der Waals surface area contributed by atoms with E-state index in [1.54, 1.807) is 20.0 Å². The molecule has 14 heavy (non-hydrogen) atoms. The number of aryl methyl sites for hydroxylation is 1. The first-order valence-electron chi connectivity index (χ1n) is 4.59. The highest BCUT2D eigenvalue weighted by molar-refractivity contribution is 5.76. The molecule has 0 saturated carbocycles. The Labute approximate surface area is 83.2 Å². The molecule has 1 aromatic heterocycles. The van der Waals surface area contributed by atoms with E-state index in [0.717, 1.165) is 5.76 Å². The molecule has 0 fully saturated rings. The van der Waals surface area contributed by atoms with Gasteiger partial charge in [-0.05, 0) is 33.0 Å². The van der Waals surface area contributed by atoms with Crippen LogP contribution in [-0.4, -0.2) is 19.6 Å². The summed E-state index contributed by atoms with van der Waals surface area (Å²) in [6.45, 7) is 3.98. The summed E-state index contributed by atoms with van der Waals surface area (Å²) < 4.78 is 10.2. The molecule has 1 N–H and O–H groups in total. The van der Waals surface area contributed by atoms with Crippen molar-refractivity contribution in [3.8, 4) is 0 Å². The maximum Gasteiger partial charge on any atom is 0.331 e. The number of rotatable bonds is 4. The van der Waals surface area contributed by atoms with Crippen molar-refractivity contribution in [1.29, 1.82) is 0 Å². The number of carbonyl (C=O) groups excluding carboxylic acids is 1. The average molecular weight is 197 g/mol. The highest BCUT2D eigenvalue weighted by atomic mass is 16.5.